The molecule has 0 aromatic heterocycles. The van der Waals surface area contributed by atoms with Crippen molar-refractivity contribution in [3.63, 3.8) is 0 Å². The maximum absolute atomic E-state index is 8.97. The lowest BCUT2D eigenvalue weighted by Crippen LogP contribution is -2.35. The van der Waals surface area contributed by atoms with Crippen LogP contribution in [0.1, 0.15) is 65.7 Å². The van der Waals surface area contributed by atoms with Gasteiger partial charge in [0.25, 0.3) is 0 Å². The van der Waals surface area contributed by atoms with Gasteiger partial charge in [0.1, 0.15) is 0 Å². The fourth-order valence-electron chi connectivity index (χ4n) is 2.65. The summed E-state index contributed by atoms with van der Waals surface area (Å²) < 4.78 is 0. The predicted octanol–water partition coefficient (Wildman–Crippen LogP) is 3.87. The van der Waals surface area contributed by atoms with Gasteiger partial charge >= 0.3 is 0 Å². The predicted molar refractivity (Wildman–Crippen MR) is 72.7 cm³/mol. The van der Waals surface area contributed by atoms with E-state index < -0.39 is 0 Å². The SMILES string of the molecule is C[C@@H](NCCC(C)(C)C#N)C1CCCCCC1. The van der Waals surface area contributed by atoms with Gasteiger partial charge in [-0.1, -0.05) is 25.7 Å². The minimum atomic E-state index is -0.184. The van der Waals surface area contributed by atoms with Crippen molar-refractivity contribution in [1.29, 1.82) is 5.26 Å². The minimum Gasteiger partial charge on any atom is -0.314 e. The van der Waals surface area contributed by atoms with Crippen molar-refractivity contribution < 1.29 is 0 Å². The highest BCUT2D eigenvalue weighted by molar-refractivity contribution is 4.92. The highest BCUT2D eigenvalue weighted by atomic mass is 14.9. The summed E-state index contributed by atoms with van der Waals surface area (Å²) in [4.78, 5) is 0. The molecule has 0 amide bonds. The van der Waals surface area contributed by atoms with E-state index in [9.17, 15) is 0 Å². The Labute approximate surface area is 107 Å². The Morgan fingerprint density at radius 2 is 1.82 bits per heavy atom. The van der Waals surface area contributed by atoms with Crippen LogP contribution < -0.4 is 5.32 Å². The zero-order chi connectivity index (χ0) is 12.7. The van der Waals surface area contributed by atoms with Gasteiger partial charge in [0.05, 0.1) is 11.5 Å². The summed E-state index contributed by atoms with van der Waals surface area (Å²) in [6, 6.07) is 2.98. The van der Waals surface area contributed by atoms with E-state index >= 15 is 0 Å². The maximum Gasteiger partial charge on any atom is 0.0684 e. The number of nitrogens with zero attached hydrogens (tertiary/aromatic N) is 1. The van der Waals surface area contributed by atoms with Gasteiger partial charge in [0, 0.05) is 6.04 Å². The van der Waals surface area contributed by atoms with Gasteiger partial charge in [0.15, 0.2) is 0 Å². The zero-order valence-electron chi connectivity index (χ0n) is 11.8. The van der Waals surface area contributed by atoms with Crippen LogP contribution in [0.3, 0.4) is 0 Å². The Kier molecular flexibility index (Phi) is 5.98. The van der Waals surface area contributed by atoms with E-state index in [1.807, 2.05) is 13.8 Å². The first-order chi connectivity index (χ1) is 8.05. The Morgan fingerprint density at radius 3 is 2.35 bits per heavy atom. The lowest BCUT2D eigenvalue weighted by molar-refractivity contribution is 0.321. The van der Waals surface area contributed by atoms with Crippen LogP contribution in [0.2, 0.25) is 0 Å². The molecule has 0 heterocycles. The van der Waals surface area contributed by atoms with Gasteiger partial charge in [-0.25, -0.2) is 0 Å². The molecule has 2 heteroatoms. The van der Waals surface area contributed by atoms with Gasteiger partial charge in [-0.3, -0.25) is 0 Å². The molecule has 0 aliphatic heterocycles. The monoisotopic (exact) mass is 236 g/mol. The molecule has 0 radical (unpaired) electrons. The summed E-state index contributed by atoms with van der Waals surface area (Å²) in [6.45, 7) is 7.32. The topological polar surface area (TPSA) is 35.8 Å². The number of hydrogen-bond donors (Lipinski definition) is 1. The van der Waals surface area contributed by atoms with Crippen LogP contribution >= 0.6 is 0 Å². The first-order valence-electron chi connectivity index (χ1n) is 7.20. The molecule has 1 rings (SSSR count). The van der Waals surface area contributed by atoms with Crippen LogP contribution in [0.15, 0.2) is 0 Å². The number of rotatable bonds is 5. The average molecular weight is 236 g/mol. The average Bonchev–Trinajstić information content (AvgIpc) is 2.57. The zero-order valence-corrected chi connectivity index (χ0v) is 11.8. The normalized spacial score (nSPS) is 20.6. The summed E-state index contributed by atoms with van der Waals surface area (Å²) in [5.74, 6) is 0.850. The van der Waals surface area contributed by atoms with Gasteiger partial charge < -0.3 is 5.32 Å². The molecule has 2 nitrogen and oxygen atoms in total. The van der Waals surface area contributed by atoms with Crippen LogP contribution in [-0.2, 0) is 0 Å². The first kappa shape index (κ1) is 14.5. The highest BCUT2D eigenvalue weighted by Crippen LogP contribution is 2.25. The summed E-state index contributed by atoms with van der Waals surface area (Å²) in [6.07, 6.45) is 9.36. The fourth-order valence-corrected chi connectivity index (χ4v) is 2.65. The second-order valence-corrected chi connectivity index (χ2v) is 6.24. The molecule has 98 valence electrons. The van der Waals surface area contributed by atoms with Gasteiger partial charge in [-0.2, -0.15) is 5.26 Å². The van der Waals surface area contributed by atoms with Crippen molar-refractivity contribution in [2.45, 2.75) is 71.8 Å². The largest absolute Gasteiger partial charge is 0.314 e. The minimum absolute atomic E-state index is 0.184. The Hall–Kier alpha value is -0.550. The van der Waals surface area contributed by atoms with Crippen LogP contribution in [-0.4, -0.2) is 12.6 Å². The summed E-state index contributed by atoms with van der Waals surface area (Å²) >= 11 is 0. The lowest BCUT2D eigenvalue weighted by atomic mass is 9.90. The third-order valence-corrected chi connectivity index (χ3v) is 4.13. The molecule has 1 atom stereocenters. The third kappa shape index (κ3) is 5.55. The molecule has 0 aromatic carbocycles. The van der Waals surface area contributed by atoms with E-state index in [1.165, 1.54) is 38.5 Å². The molecule has 0 bridgehead atoms. The smallest absolute Gasteiger partial charge is 0.0684 e. The maximum atomic E-state index is 8.97. The van der Waals surface area contributed by atoms with Gasteiger partial charge in [0.2, 0.25) is 0 Å². The molecule has 0 aromatic rings. The number of nitrogens with one attached hydrogen (secondary N) is 1. The van der Waals surface area contributed by atoms with Crippen molar-refractivity contribution in [1.82, 2.24) is 5.32 Å². The summed E-state index contributed by atoms with van der Waals surface area (Å²) in [5, 5.41) is 12.6. The van der Waals surface area contributed by atoms with Crippen molar-refractivity contribution in [2.75, 3.05) is 6.54 Å². The van der Waals surface area contributed by atoms with Crippen molar-refractivity contribution >= 4 is 0 Å². The van der Waals surface area contributed by atoms with Crippen molar-refractivity contribution in [3.8, 4) is 6.07 Å². The number of hydrogen-bond acceptors (Lipinski definition) is 2. The first-order valence-corrected chi connectivity index (χ1v) is 7.20. The molecule has 1 saturated carbocycles. The molecule has 0 saturated heterocycles. The molecular weight excluding hydrogens is 208 g/mol. The third-order valence-electron chi connectivity index (χ3n) is 4.13. The molecular formula is C15H28N2. The van der Waals surface area contributed by atoms with Crippen LogP contribution in [0, 0.1) is 22.7 Å². The van der Waals surface area contributed by atoms with Gasteiger partial charge in [-0.15, -0.1) is 0 Å². The van der Waals surface area contributed by atoms with E-state index in [4.69, 9.17) is 5.26 Å². The lowest BCUT2D eigenvalue weighted by Gasteiger charge is -2.25. The Morgan fingerprint density at radius 1 is 1.24 bits per heavy atom. The van der Waals surface area contributed by atoms with Crippen LogP contribution in [0.25, 0.3) is 0 Å². The second kappa shape index (κ2) is 7.01. The van der Waals surface area contributed by atoms with Gasteiger partial charge in [-0.05, 0) is 52.5 Å². The Balaban J connectivity index is 2.24. The molecule has 1 N–H and O–H groups in total. The molecule has 1 fully saturated rings. The summed E-state index contributed by atoms with van der Waals surface area (Å²) in [7, 11) is 0. The molecule has 0 unspecified atom stereocenters. The van der Waals surface area contributed by atoms with Crippen molar-refractivity contribution in [3.05, 3.63) is 0 Å². The van der Waals surface area contributed by atoms with E-state index in [1.54, 1.807) is 0 Å². The van der Waals surface area contributed by atoms with E-state index in [0.29, 0.717) is 6.04 Å². The molecule has 1 aliphatic rings. The van der Waals surface area contributed by atoms with E-state index in [2.05, 4.69) is 18.3 Å². The molecule has 1 aliphatic carbocycles. The van der Waals surface area contributed by atoms with Crippen molar-refractivity contribution in [2.24, 2.45) is 11.3 Å². The number of nitriles is 1. The second-order valence-electron chi connectivity index (χ2n) is 6.24. The van der Waals surface area contributed by atoms with E-state index in [0.717, 1.165) is 18.9 Å². The standard InChI is InChI=1S/C15H28N2/c1-13(14-8-6-4-5-7-9-14)17-11-10-15(2,3)12-16/h13-14,17H,4-11H2,1-3H3/t13-/m1/s1. The quantitative estimate of drug-likeness (QED) is 0.735. The molecule has 17 heavy (non-hydrogen) atoms. The Bertz CT molecular complexity index is 244. The van der Waals surface area contributed by atoms with Crippen LogP contribution in [0.4, 0.5) is 0 Å². The molecule has 0 spiro atoms. The fraction of sp³-hybridized carbons (Fsp3) is 0.933. The van der Waals surface area contributed by atoms with E-state index in [-0.39, 0.29) is 5.41 Å². The highest BCUT2D eigenvalue weighted by Gasteiger charge is 2.20. The summed E-state index contributed by atoms with van der Waals surface area (Å²) in [5.41, 5.74) is -0.184. The van der Waals surface area contributed by atoms with Crippen LogP contribution in [0.5, 0.6) is 0 Å².